The van der Waals surface area contributed by atoms with E-state index in [0.29, 0.717) is 0 Å². The number of furan rings is 1. The molecule has 0 amide bonds. The van der Waals surface area contributed by atoms with Crippen LogP contribution >= 0.6 is 0 Å². The number of nitrogens with zero attached hydrogens (tertiary/aromatic N) is 3. The average molecular weight is 356 g/mol. The van der Waals surface area contributed by atoms with E-state index in [2.05, 4.69) is 38.3 Å². The van der Waals surface area contributed by atoms with Crippen molar-refractivity contribution < 1.29 is 9.15 Å². The fraction of sp³-hybridized carbons (Fsp3) is 0.450. The molecule has 140 valence electrons. The maximum Gasteiger partial charge on any atom is 0.194 e. The molecule has 0 saturated carbocycles. The second kappa shape index (κ2) is 8.17. The number of ether oxygens (including phenoxy) is 1. The topological polar surface area (TPSA) is 53.2 Å². The predicted molar refractivity (Wildman–Crippen MR) is 105 cm³/mol. The number of piperazine rings is 1. The van der Waals surface area contributed by atoms with Crippen molar-refractivity contribution in [1.29, 1.82) is 0 Å². The summed E-state index contributed by atoms with van der Waals surface area (Å²) in [6.07, 6.45) is 0. The van der Waals surface area contributed by atoms with E-state index >= 15 is 0 Å². The molecule has 3 rings (SSSR count). The molecule has 0 atom stereocenters. The van der Waals surface area contributed by atoms with Crippen LogP contribution in [0, 0.1) is 13.8 Å². The molecule has 6 nitrogen and oxygen atoms in total. The zero-order valence-electron chi connectivity index (χ0n) is 16.1. The second-order valence-electron chi connectivity index (χ2n) is 6.49. The first-order chi connectivity index (χ1) is 12.6. The van der Waals surface area contributed by atoms with Crippen LogP contribution in [0.15, 0.2) is 39.7 Å². The first-order valence-electron chi connectivity index (χ1n) is 9.02. The van der Waals surface area contributed by atoms with Crippen molar-refractivity contribution in [2.24, 2.45) is 4.99 Å². The van der Waals surface area contributed by atoms with Crippen LogP contribution < -0.4 is 15.0 Å². The highest BCUT2D eigenvalue weighted by Crippen LogP contribution is 2.28. The van der Waals surface area contributed by atoms with Gasteiger partial charge in [-0.25, -0.2) is 0 Å². The number of anilines is 1. The van der Waals surface area contributed by atoms with Gasteiger partial charge in [0.1, 0.15) is 17.3 Å². The minimum absolute atomic E-state index is 0.725. The van der Waals surface area contributed by atoms with E-state index in [4.69, 9.17) is 9.15 Å². The van der Waals surface area contributed by atoms with Crippen LogP contribution in [0.4, 0.5) is 5.69 Å². The zero-order valence-corrected chi connectivity index (χ0v) is 16.1. The van der Waals surface area contributed by atoms with Crippen molar-refractivity contribution >= 4 is 11.6 Å². The van der Waals surface area contributed by atoms with E-state index in [0.717, 1.165) is 61.6 Å². The smallest absolute Gasteiger partial charge is 0.194 e. The SMILES string of the molecule is CN=C(NCc1cc(C)oc1C)N1CCN(c2ccccc2OC)CC1. The Morgan fingerprint density at radius 2 is 1.92 bits per heavy atom. The lowest BCUT2D eigenvalue weighted by Crippen LogP contribution is -2.52. The molecule has 0 bridgehead atoms. The van der Waals surface area contributed by atoms with Gasteiger partial charge in [-0.15, -0.1) is 0 Å². The lowest BCUT2D eigenvalue weighted by atomic mass is 10.2. The summed E-state index contributed by atoms with van der Waals surface area (Å²) in [6.45, 7) is 8.40. The summed E-state index contributed by atoms with van der Waals surface area (Å²) in [5.74, 6) is 3.77. The molecule has 0 aliphatic carbocycles. The van der Waals surface area contributed by atoms with Crippen molar-refractivity contribution in [2.75, 3.05) is 45.2 Å². The summed E-state index contributed by atoms with van der Waals surface area (Å²) in [4.78, 5) is 9.12. The Morgan fingerprint density at radius 3 is 2.54 bits per heavy atom. The summed E-state index contributed by atoms with van der Waals surface area (Å²) < 4.78 is 11.1. The van der Waals surface area contributed by atoms with Crippen molar-refractivity contribution in [3.63, 3.8) is 0 Å². The summed E-state index contributed by atoms with van der Waals surface area (Å²) in [5, 5.41) is 3.46. The third kappa shape index (κ3) is 3.95. The van der Waals surface area contributed by atoms with Crippen LogP contribution in [0.1, 0.15) is 17.1 Å². The lowest BCUT2D eigenvalue weighted by Gasteiger charge is -2.38. The normalized spacial score (nSPS) is 15.3. The van der Waals surface area contributed by atoms with Crippen molar-refractivity contribution in [2.45, 2.75) is 20.4 Å². The van der Waals surface area contributed by atoms with Crippen LogP contribution in [0.5, 0.6) is 5.75 Å². The summed E-state index contributed by atoms with van der Waals surface area (Å²) in [7, 11) is 3.56. The standard InChI is InChI=1S/C20H28N4O2/c1-15-13-17(16(2)26-15)14-22-20(21-3)24-11-9-23(10-12-24)18-7-5-6-8-19(18)25-4/h5-8,13H,9-12,14H2,1-4H3,(H,21,22). The van der Waals surface area contributed by atoms with Crippen molar-refractivity contribution in [1.82, 2.24) is 10.2 Å². The van der Waals surface area contributed by atoms with Gasteiger partial charge in [-0.3, -0.25) is 4.99 Å². The monoisotopic (exact) mass is 356 g/mol. The van der Waals surface area contributed by atoms with Gasteiger partial charge in [0, 0.05) is 45.3 Å². The van der Waals surface area contributed by atoms with Crippen LogP contribution in [0.2, 0.25) is 0 Å². The second-order valence-corrected chi connectivity index (χ2v) is 6.49. The molecule has 2 heterocycles. The number of benzene rings is 1. The Kier molecular flexibility index (Phi) is 5.71. The molecule has 26 heavy (non-hydrogen) atoms. The van der Waals surface area contributed by atoms with E-state index in [1.165, 1.54) is 5.56 Å². The highest BCUT2D eigenvalue weighted by Gasteiger charge is 2.21. The molecule has 0 radical (unpaired) electrons. The first kappa shape index (κ1) is 18.2. The van der Waals surface area contributed by atoms with E-state index < -0.39 is 0 Å². The van der Waals surface area contributed by atoms with Crippen LogP contribution in [-0.2, 0) is 6.54 Å². The highest BCUT2D eigenvalue weighted by atomic mass is 16.5. The number of para-hydroxylation sites is 2. The highest BCUT2D eigenvalue weighted by molar-refractivity contribution is 5.80. The minimum atomic E-state index is 0.725. The Bertz CT molecular complexity index is 761. The Hall–Kier alpha value is -2.63. The Balaban J connectivity index is 1.58. The number of methoxy groups -OCH3 is 1. The van der Waals surface area contributed by atoms with Crippen molar-refractivity contribution in [3.05, 3.63) is 47.4 Å². The van der Waals surface area contributed by atoms with Gasteiger partial charge >= 0.3 is 0 Å². The molecule has 1 aliphatic heterocycles. The molecule has 1 fully saturated rings. The average Bonchev–Trinajstić information content (AvgIpc) is 3.00. The molecule has 6 heteroatoms. The maximum atomic E-state index is 5.60. The molecule has 1 aromatic carbocycles. The van der Waals surface area contributed by atoms with Gasteiger partial charge in [0.25, 0.3) is 0 Å². The van der Waals surface area contributed by atoms with Crippen LogP contribution in [0.25, 0.3) is 0 Å². The number of rotatable bonds is 4. The van der Waals surface area contributed by atoms with Gasteiger partial charge in [-0.2, -0.15) is 0 Å². The molecule has 1 N–H and O–H groups in total. The van der Waals surface area contributed by atoms with E-state index in [1.807, 2.05) is 33.0 Å². The number of nitrogens with one attached hydrogen (secondary N) is 1. The minimum Gasteiger partial charge on any atom is -0.495 e. The zero-order chi connectivity index (χ0) is 18.5. The predicted octanol–water partition coefficient (Wildman–Crippen LogP) is 2.80. The summed E-state index contributed by atoms with van der Waals surface area (Å²) in [5.41, 5.74) is 2.33. The third-order valence-electron chi connectivity index (χ3n) is 4.80. The van der Waals surface area contributed by atoms with Gasteiger partial charge in [-0.1, -0.05) is 12.1 Å². The summed E-state index contributed by atoms with van der Waals surface area (Å²) >= 11 is 0. The fourth-order valence-corrected chi connectivity index (χ4v) is 3.42. The van der Waals surface area contributed by atoms with E-state index in [9.17, 15) is 0 Å². The van der Waals surface area contributed by atoms with Gasteiger partial charge in [0.05, 0.1) is 12.8 Å². The molecule has 0 spiro atoms. The van der Waals surface area contributed by atoms with Gasteiger partial charge in [-0.05, 0) is 32.0 Å². The number of hydrogen-bond acceptors (Lipinski definition) is 4. The molecule has 0 unspecified atom stereocenters. The maximum absolute atomic E-state index is 5.60. The van der Waals surface area contributed by atoms with Gasteiger partial charge < -0.3 is 24.3 Å². The molecule has 1 saturated heterocycles. The number of hydrogen-bond donors (Lipinski definition) is 1. The Morgan fingerprint density at radius 1 is 1.19 bits per heavy atom. The van der Waals surface area contributed by atoms with E-state index in [-0.39, 0.29) is 0 Å². The molecule has 2 aromatic rings. The number of aliphatic imine (C=N–C) groups is 1. The largest absolute Gasteiger partial charge is 0.495 e. The third-order valence-corrected chi connectivity index (χ3v) is 4.80. The number of guanidine groups is 1. The fourth-order valence-electron chi connectivity index (χ4n) is 3.42. The van der Waals surface area contributed by atoms with Crippen LogP contribution in [-0.4, -0.2) is 51.2 Å². The van der Waals surface area contributed by atoms with Gasteiger partial charge in [0.2, 0.25) is 0 Å². The molecular weight excluding hydrogens is 328 g/mol. The quantitative estimate of drug-likeness (QED) is 0.674. The van der Waals surface area contributed by atoms with Gasteiger partial charge in [0.15, 0.2) is 5.96 Å². The first-order valence-corrected chi connectivity index (χ1v) is 9.02. The molecular formula is C20H28N4O2. The lowest BCUT2D eigenvalue weighted by molar-refractivity contribution is 0.367. The number of aryl methyl sites for hydroxylation is 2. The van der Waals surface area contributed by atoms with E-state index in [1.54, 1.807) is 7.11 Å². The Labute approximate surface area is 155 Å². The molecule has 1 aromatic heterocycles. The summed E-state index contributed by atoms with van der Waals surface area (Å²) in [6, 6.07) is 10.3. The van der Waals surface area contributed by atoms with Crippen LogP contribution in [0.3, 0.4) is 0 Å². The van der Waals surface area contributed by atoms with Crippen molar-refractivity contribution in [3.8, 4) is 5.75 Å². The molecule has 1 aliphatic rings.